The average molecular weight is 256 g/mol. The monoisotopic (exact) mass is 256 g/mol. The Morgan fingerprint density at radius 3 is 3.19 bits per heavy atom. The van der Waals surface area contributed by atoms with E-state index in [0.717, 1.165) is 23.7 Å². The summed E-state index contributed by atoms with van der Waals surface area (Å²) in [5, 5.41) is 10.7. The summed E-state index contributed by atoms with van der Waals surface area (Å²) < 4.78 is 5.00. The molecule has 16 heavy (non-hydrogen) atoms. The summed E-state index contributed by atoms with van der Waals surface area (Å²) in [6.07, 6.45) is 0.548. The van der Waals surface area contributed by atoms with Crippen LogP contribution in [0.4, 0.5) is 0 Å². The van der Waals surface area contributed by atoms with E-state index in [2.05, 4.69) is 17.2 Å². The zero-order chi connectivity index (χ0) is 11.6. The second-order valence-corrected chi connectivity index (χ2v) is 5.18. The Labute approximate surface area is 105 Å². The number of hydrogen-bond donors (Lipinski definition) is 1. The van der Waals surface area contributed by atoms with Crippen LogP contribution in [-0.4, -0.2) is 31.2 Å². The molecular formula is C12H16O2S2. The van der Waals surface area contributed by atoms with Gasteiger partial charge in [-0.15, -0.1) is 11.3 Å². The van der Waals surface area contributed by atoms with Gasteiger partial charge in [-0.1, -0.05) is 11.8 Å². The molecule has 2 nitrogen and oxygen atoms in total. The summed E-state index contributed by atoms with van der Waals surface area (Å²) in [6, 6.07) is 2.04. The van der Waals surface area contributed by atoms with Crippen molar-refractivity contribution in [1.29, 1.82) is 0 Å². The minimum atomic E-state index is 0.134. The minimum absolute atomic E-state index is 0.134. The average Bonchev–Trinajstić information content (AvgIpc) is 2.73. The summed E-state index contributed by atoms with van der Waals surface area (Å²) in [7, 11) is 1.72. The van der Waals surface area contributed by atoms with Crippen molar-refractivity contribution in [2.75, 3.05) is 26.1 Å². The first kappa shape index (κ1) is 13.6. The Morgan fingerprint density at radius 1 is 1.56 bits per heavy atom. The lowest BCUT2D eigenvalue weighted by Gasteiger charge is -1.99. The van der Waals surface area contributed by atoms with Crippen LogP contribution in [0.15, 0.2) is 11.4 Å². The van der Waals surface area contributed by atoms with Gasteiger partial charge in [0.05, 0.1) is 13.2 Å². The molecule has 0 aliphatic heterocycles. The molecule has 1 aromatic heterocycles. The van der Waals surface area contributed by atoms with E-state index in [1.165, 1.54) is 4.88 Å². The topological polar surface area (TPSA) is 29.5 Å². The van der Waals surface area contributed by atoms with Crippen molar-refractivity contribution < 1.29 is 9.84 Å². The second-order valence-electron chi connectivity index (χ2n) is 3.08. The van der Waals surface area contributed by atoms with E-state index in [1.54, 1.807) is 18.4 Å². The number of methoxy groups -OCH3 is 1. The molecule has 0 aliphatic carbocycles. The predicted molar refractivity (Wildman–Crippen MR) is 70.9 cm³/mol. The van der Waals surface area contributed by atoms with Crippen LogP contribution >= 0.6 is 23.1 Å². The molecule has 0 spiro atoms. The van der Waals surface area contributed by atoms with Crippen molar-refractivity contribution in [2.24, 2.45) is 0 Å². The van der Waals surface area contributed by atoms with Gasteiger partial charge < -0.3 is 9.84 Å². The van der Waals surface area contributed by atoms with Gasteiger partial charge in [-0.25, -0.2) is 0 Å². The molecule has 88 valence electrons. The molecule has 0 atom stereocenters. The predicted octanol–water partition coefficient (Wildman–Crippen LogP) is 2.36. The third-order valence-electron chi connectivity index (χ3n) is 1.87. The van der Waals surface area contributed by atoms with Crippen molar-refractivity contribution in [3.8, 4) is 11.8 Å². The number of thioether (sulfide) groups is 1. The number of rotatable bonds is 6. The third-order valence-corrected chi connectivity index (χ3v) is 3.92. The van der Waals surface area contributed by atoms with Crippen molar-refractivity contribution in [1.82, 2.24) is 0 Å². The van der Waals surface area contributed by atoms with Gasteiger partial charge in [0.1, 0.15) is 0 Å². The third kappa shape index (κ3) is 5.04. The van der Waals surface area contributed by atoms with Crippen LogP contribution in [0.2, 0.25) is 0 Å². The molecule has 0 bridgehead atoms. The van der Waals surface area contributed by atoms with Crippen LogP contribution < -0.4 is 0 Å². The van der Waals surface area contributed by atoms with E-state index in [0.29, 0.717) is 6.42 Å². The molecule has 0 aliphatic rings. The van der Waals surface area contributed by atoms with Gasteiger partial charge in [-0.05, 0) is 11.4 Å². The highest BCUT2D eigenvalue weighted by Gasteiger charge is 2.01. The first-order valence-electron chi connectivity index (χ1n) is 5.11. The zero-order valence-corrected chi connectivity index (χ0v) is 11.0. The summed E-state index contributed by atoms with van der Waals surface area (Å²) in [6.45, 7) is 0.927. The fraction of sp³-hybridized carbons (Fsp3) is 0.500. The summed E-state index contributed by atoms with van der Waals surface area (Å²) in [4.78, 5) is 1.31. The number of aliphatic hydroxyl groups is 1. The van der Waals surface area contributed by atoms with Gasteiger partial charge in [0.25, 0.3) is 0 Å². The molecule has 1 aromatic rings. The van der Waals surface area contributed by atoms with Gasteiger partial charge in [0, 0.05) is 35.5 Å². The van der Waals surface area contributed by atoms with Crippen molar-refractivity contribution in [3.63, 3.8) is 0 Å². The fourth-order valence-corrected chi connectivity index (χ4v) is 2.99. The van der Waals surface area contributed by atoms with Gasteiger partial charge >= 0.3 is 0 Å². The maximum absolute atomic E-state index is 8.65. The fourth-order valence-electron chi connectivity index (χ4n) is 1.08. The quantitative estimate of drug-likeness (QED) is 0.626. The molecule has 0 fully saturated rings. The van der Waals surface area contributed by atoms with Gasteiger partial charge in [0.2, 0.25) is 0 Å². The van der Waals surface area contributed by atoms with Crippen LogP contribution in [0.1, 0.15) is 16.9 Å². The van der Waals surface area contributed by atoms with Crippen LogP contribution in [0.25, 0.3) is 0 Å². The lowest BCUT2D eigenvalue weighted by Crippen LogP contribution is -1.92. The Balaban J connectivity index is 2.42. The molecule has 1 heterocycles. The van der Waals surface area contributed by atoms with Gasteiger partial charge in [-0.3, -0.25) is 0 Å². The maximum Gasteiger partial charge on any atom is 0.0553 e. The molecule has 0 aromatic carbocycles. The molecule has 0 saturated heterocycles. The van der Waals surface area contributed by atoms with Crippen LogP contribution in [0, 0.1) is 11.8 Å². The molecule has 1 rings (SSSR count). The summed E-state index contributed by atoms with van der Waals surface area (Å²) >= 11 is 3.60. The smallest absolute Gasteiger partial charge is 0.0553 e. The van der Waals surface area contributed by atoms with E-state index < -0.39 is 0 Å². The van der Waals surface area contributed by atoms with Gasteiger partial charge in [-0.2, -0.15) is 11.8 Å². The Kier molecular flexibility index (Phi) is 7.35. The SMILES string of the molecule is COCCSCc1sccc1C#CCCO. The number of hydrogen-bond acceptors (Lipinski definition) is 4. The maximum atomic E-state index is 8.65. The summed E-state index contributed by atoms with van der Waals surface area (Å²) in [5.41, 5.74) is 1.10. The first-order chi connectivity index (χ1) is 7.88. The van der Waals surface area contributed by atoms with Gasteiger partial charge in [0.15, 0.2) is 0 Å². The standard InChI is InChI=1S/C12H16O2S2/c1-14-7-9-15-10-12-11(5-8-16-12)4-2-3-6-13/h5,8,13H,3,6-7,9-10H2,1H3. The molecule has 1 N–H and O–H groups in total. The molecule has 4 heteroatoms. The molecule has 0 saturated carbocycles. The lowest BCUT2D eigenvalue weighted by atomic mass is 10.2. The largest absolute Gasteiger partial charge is 0.395 e. The Bertz CT molecular complexity index is 349. The Hall–Kier alpha value is -0.470. The number of aliphatic hydroxyl groups excluding tert-OH is 1. The summed E-state index contributed by atoms with van der Waals surface area (Å²) in [5.74, 6) is 8.05. The van der Waals surface area contributed by atoms with Crippen molar-refractivity contribution >= 4 is 23.1 Å². The van der Waals surface area contributed by atoms with Crippen LogP contribution in [-0.2, 0) is 10.5 Å². The van der Waals surface area contributed by atoms with Crippen molar-refractivity contribution in [2.45, 2.75) is 12.2 Å². The van der Waals surface area contributed by atoms with Crippen LogP contribution in [0.3, 0.4) is 0 Å². The van der Waals surface area contributed by atoms with E-state index >= 15 is 0 Å². The first-order valence-corrected chi connectivity index (χ1v) is 7.14. The molecule has 0 amide bonds. The van der Waals surface area contributed by atoms with E-state index in [9.17, 15) is 0 Å². The highest BCUT2D eigenvalue weighted by molar-refractivity contribution is 7.98. The van der Waals surface area contributed by atoms with E-state index in [-0.39, 0.29) is 6.61 Å². The van der Waals surface area contributed by atoms with Crippen molar-refractivity contribution in [3.05, 3.63) is 21.9 Å². The van der Waals surface area contributed by atoms with E-state index in [1.807, 2.05) is 17.8 Å². The lowest BCUT2D eigenvalue weighted by molar-refractivity contribution is 0.218. The highest BCUT2D eigenvalue weighted by atomic mass is 32.2. The molecule has 0 radical (unpaired) electrons. The molecular weight excluding hydrogens is 240 g/mol. The Morgan fingerprint density at radius 2 is 2.44 bits per heavy atom. The zero-order valence-electron chi connectivity index (χ0n) is 9.36. The highest BCUT2D eigenvalue weighted by Crippen LogP contribution is 2.21. The second kappa shape index (κ2) is 8.66. The normalized spacial score (nSPS) is 9.88. The number of thiophene rings is 1. The van der Waals surface area contributed by atoms with Crippen LogP contribution in [0.5, 0.6) is 0 Å². The minimum Gasteiger partial charge on any atom is -0.395 e. The molecule has 0 unspecified atom stereocenters. The van der Waals surface area contributed by atoms with E-state index in [4.69, 9.17) is 9.84 Å². The number of ether oxygens (including phenoxy) is 1.